The van der Waals surface area contributed by atoms with Gasteiger partial charge in [0.1, 0.15) is 0 Å². The first-order valence-electron chi connectivity index (χ1n) is 12.2. The second kappa shape index (κ2) is 11.8. The van der Waals surface area contributed by atoms with Gasteiger partial charge in [0.15, 0.2) is 5.16 Å². The molecule has 0 unspecified atom stereocenters. The number of carbonyl (C=O) groups excluding carboxylic acids is 1. The van der Waals surface area contributed by atoms with Gasteiger partial charge in [0, 0.05) is 56.0 Å². The SMILES string of the molecule is CSc1nc(C)c(CCC(=O)N2CCN(CCCc3nc(-c4ccc(C)cc4)no3)CC2)c(C)n1. The third-order valence-corrected chi connectivity index (χ3v) is 7.09. The van der Waals surface area contributed by atoms with Crippen molar-refractivity contribution in [2.75, 3.05) is 39.0 Å². The molecule has 0 bridgehead atoms. The van der Waals surface area contributed by atoms with Gasteiger partial charge in [0.2, 0.25) is 17.6 Å². The predicted octanol–water partition coefficient (Wildman–Crippen LogP) is 3.88. The molecule has 4 rings (SSSR count). The lowest BCUT2D eigenvalue weighted by Crippen LogP contribution is -2.49. The molecule has 1 aliphatic heterocycles. The average molecular weight is 495 g/mol. The summed E-state index contributed by atoms with van der Waals surface area (Å²) in [5.74, 6) is 1.53. The van der Waals surface area contributed by atoms with Crippen molar-refractivity contribution in [2.24, 2.45) is 0 Å². The van der Waals surface area contributed by atoms with Crippen LogP contribution in [0.2, 0.25) is 0 Å². The Labute approximate surface area is 211 Å². The summed E-state index contributed by atoms with van der Waals surface area (Å²) in [6.45, 7) is 10.4. The van der Waals surface area contributed by atoms with E-state index in [0.717, 1.165) is 73.2 Å². The smallest absolute Gasteiger partial charge is 0.227 e. The van der Waals surface area contributed by atoms with Gasteiger partial charge >= 0.3 is 0 Å². The van der Waals surface area contributed by atoms with Crippen LogP contribution in [0.1, 0.15) is 41.2 Å². The van der Waals surface area contributed by atoms with Crippen molar-refractivity contribution < 1.29 is 9.32 Å². The zero-order valence-corrected chi connectivity index (χ0v) is 21.9. The van der Waals surface area contributed by atoms with Gasteiger partial charge < -0.3 is 9.42 Å². The van der Waals surface area contributed by atoms with E-state index in [1.54, 1.807) is 11.8 Å². The molecule has 9 heteroatoms. The topological polar surface area (TPSA) is 88.3 Å². The van der Waals surface area contributed by atoms with Crippen LogP contribution in [0, 0.1) is 20.8 Å². The van der Waals surface area contributed by atoms with E-state index in [2.05, 4.69) is 44.1 Å². The van der Waals surface area contributed by atoms with E-state index < -0.39 is 0 Å². The Morgan fingerprint density at radius 3 is 2.31 bits per heavy atom. The van der Waals surface area contributed by atoms with Crippen LogP contribution in [0.15, 0.2) is 33.9 Å². The fraction of sp³-hybridized carbons (Fsp3) is 0.500. The maximum Gasteiger partial charge on any atom is 0.227 e. The Morgan fingerprint density at radius 1 is 0.971 bits per heavy atom. The maximum atomic E-state index is 12.8. The van der Waals surface area contributed by atoms with Crippen molar-refractivity contribution in [1.82, 2.24) is 29.9 Å². The molecule has 1 fully saturated rings. The molecule has 0 saturated carbocycles. The molecule has 3 heterocycles. The molecule has 1 amide bonds. The van der Waals surface area contributed by atoms with Crippen LogP contribution < -0.4 is 0 Å². The van der Waals surface area contributed by atoms with Gasteiger partial charge in [0.05, 0.1) is 0 Å². The van der Waals surface area contributed by atoms with Crippen molar-refractivity contribution >= 4 is 17.7 Å². The molecule has 1 aliphatic rings. The minimum Gasteiger partial charge on any atom is -0.340 e. The summed E-state index contributed by atoms with van der Waals surface area (Å²) >= 11 is 1.54. The summed E-state index contributed by atoms with van der Waals surface area (Å²) in [5, 5.41) is 4.91. The van der Waals surface area contributed by atoms with Crippen LogP contribution >= 0.6 is 11.8 Å². The van der Waals surface area contributed by atoms with Gasteiger partial charge in [-0.1, -0.05) is 46.7 Å². The zero-order chi connectivity index (χ0) is 24.8. The molecule has 35 heavy (non-hydrogen) atoms. The van der Waals surface area contributed by atoms with Crippen LogP contribution in [0.4, 0.5) is 0 Å². The number of hydrogen-bond donors (Lipinski definition) is 0. The highest BCUT2D eigenvalue weighted by Crippen LogP contribution is 2.19. The van der Waals surface area contributed by atoms with Crippen molar-refractivity contribution in [3.05, 3.63) is 52.7 Å². The number of aromatic nitrogens is 4. The average Bonchev–Trinajstić information content (AvgIpc) is 3.33. The van der Waals surface area contributed by atoms with Gasteiger partial charge in [-0.15, -0.1) is 0 Å². The number of nitrogens with zero attached hydrogens (tertiary/aromatic N) is 6. The maximum absolute atomic E-state index is 12.8. The molecular formula is C26H34N6O2S. The summed E-state index contributed by atoms with van der Waals surface area (Å²) in [5.41, 5.74) is 5.24. The van der Waals surface area contributed by atoms with E-state index >= 15 is 0 Å². The molecule has 1 aromatic carbocycles. The molecule has 0 spiro atoms. The highest BCUT2D eigenvalue weighted by molar-refractivity contribution is 7.98. The van der Waals surface area contributed by atoms with Crippen molar-refractivity contribution in [2.45, 2.75) is 51.6 Å². The lowest BCUT2D eigenvalue weighted by atomic mass is 10.1. The van der Waals surface area contributed by atoms with Crippen molar-refractivity contribution in [3.63, 3.8) is 0 Å². The molecule has 8 nitrogen and oxygen atoms in total. The fourth-order valence-corrected chi connectivity index (χ4v) is 4.86. The predicted molar refractivity (Wildman–Crippen MR) is 137 cm³/mol. The number of rotatable bonds is 9. The van der Waals surface area contributed by atoms with Crippen LogP contribution in [0.5, 0.6) is 0 Å². The number of aryl methyl sites for hydroxylation is 4. The Bertz CT molecular complexity index is 1120. The van der Waals surface area contributed by atoms with Gasteiger partial charge in [-0.3, -0.25) is 9.69 Å². The summed E-state index contributed by atoms with van der Waals surface area (Å²) < 4.78 is 5.44. The second-order valence-electron chi connectivity index (χ2n) is 9.06. The van der Waals surface area contributed by atoms with E-state index in [4.69, 9.17) is 4.52 Å². The van der Waals surface area contributed by atoms with Crippen LogP contribution in [-0.2, 0) is 17.6 Å². The Kier molecular flexibility index (Phi) is 8.51. The van der Waals surface area contributed by atoms with E-state index in [1.165, 1.54) is 5.56 Å². The number of hydrogen-bond acceptors (Lipinski definition) is 8. The van der Waals surface area contributed by atoms with Crippen LogP contribution in [0.3, 0.4) is 0 Å². The lowest BCUT2D eigenvalue weighted by Gasteiger charge is -2.34. The number of piperazine rings is 1. The molecule has 0 radical (unpaired) electrons. The zero-order valence-electron chi connectivity index (χ0n) is 21.1. The highest BCUT2D eigenvalue weighted by atomic mass is 32.2. The van der Waals surface area contributed by atoms with E-state index in [0.29, 0.717) is 24.6 Å². The Hall–Kier alpha value is -2.78. The third kappa shape index (κ3) is 6.67. The first-order chi connectivity index (χ1) is 16.9. The van der Waals surface area contributed by atoms with Crippen molar-refractivity contribution in [1.29, 1.82) is 0 Å². The standard InChI is InChI=1S/C26H34N6O2S/c1-18-7-9-21(10-8-18)25-29-23(34-30-25)6-5-13-31-14-16-32(17-15-31)24(33)12-11-22-19(2)27-26(35-4)28-20(22)3/h7-10H,5-6,11-17H2,1-4H3. The molecule has 1 saturated heterocycles. The Balaban J connectivity index is 1.18. The number of amides is 1. The highest BCUT2D eigenvalue weighted by Gasteiger charge is 2.21. The van der Waals surface area contributed by atoms with Gasteiger partial charge in [-0.05, 0) is 52.0 Å². The van der Waals surface area contributed by atoms with Gasteiger partial charge in [-0.25, -0.2) is 9.97 Å². The van der Waals surface area contributed by atoms with E-state index in [-0.39, 0.29) is 5.91 Å². The third-order valence-electron chi connectivity index (χ3n) is 6.54. The first-order valence-corrected chi connectivity index (χ1v) is 13.4. The number of carbonyl (C=O) groups is 1. The molecular weight excluding hydrogens is 460 g/mol. The largest absolute Gasteiger partial charge is 0.340 e. The van der Waals surface area contributed by atoms with Crippen LogP contribution in [0.25, 0.3) is 11.4 Å². The molecule has 186 valence electrons. The summed E-state index contributed by atoms with van der Waals surface area (Å²) in [6, 6.07) is 8.13. The first kappa shape index (κ1) is 25.3. The molecule has 0 atom stereocenters. The molecule has 0 N–H and O–H groups in total. The molecule has 0 aliphatic carbocycles. The lowest BCUT2D eigenvalue weighted by molar-refractivity contribution is -0.132. The van der Waals surface area contributed by atoms with Crippen molar-refractivity contribution in [3.8, 4) is 11.4 Å². The van der Waals surface area contributed by atoms with Gasteiger partial charge in [0.25, 0.3) is 0 Å². The summed E-state index contributed by atoms with van der Waals surface area (Å²) in [4.78, 5) is 30.8. The Morgan fingerprint density at radius 2 is 1.66 bits per heavy atom. The van der Waals surface area contributed by atoms with Crippen LogP contribution in [-0.4, -0.2) is 74.8 Å². The summed E-state index contributed by atoms with van der Waals surface area (Å²) in [7, 11) is 0. The van der Waals surface area contributed by atoms with Gasteiger partial charge in [-0.2, -0.15) is 4.98 Å². The minimum absolute atomic E-state index is 0.215. The monoisotopic (exact) mass is 494 g/mol. The minimum atomic E-state index is 0.215. The normalized spacial score (nSPS) is 14.5. The van der Waals surface area contributed by atoms with E-state index in [1.807, 2.05) is 37.1 Å². The fourth-order valence-electron chi connectivity index (χ4n) is 4.40. The second-order valence-corrected chi connectivity index (χ2v) is 9.84. The number of benzene rings is 1. The molecule has 2 aromatic heterocycles. The number of thioether (sulfide) groups is 1. The quantitative estimate of drug-likeness (QED) is 0.327. The summed E-state index contributed by atoms with van der Waals surface area (Å²) in [6.07, 6.45) is 4.89. The molecule has 3 aromatic rings. The van der Waals surface area contributed by atoms with E-state index in [9.17, 15) is 4.79 Å².